The topological polar surface area (TPSA) is 82.4 Å². The molecule has 1 amide bonds. The fourth-order valence-electron chi connectivity index (χ4n) is 3.88. The number of hydrogen-bond donors (Lipinski definition) is 1. The summed E-state index contributed by atoms with van der Waals surface area (Å²) in [6.45, 7) is 1.34. The summed E-state index contributed by atoms with van der Waals surface area (Å²) >= 11 is 1.55. The van der Waals surface area contributed by atoms with Gasteiger partial charge in [0, 0.05) is 17.8 Å². The molecule has 1 aromatic rings. The number of likely N-dealkylation sites (tertiary alicyclic amines) is 1. The SMILES string of the molecule is COC(=O)C1CCCN1CCC(=O)Nc1sc2c(c1C#N)CCCCC2. The molecule has 0 aromatic carbocycles. The summed E-state index contributed by atoms with van der Waals surface area (Å²) in [7, 11) is 1.40. The van der Waals surface area contributed by atoms with Crippen LogP contribution in [-0.4, -0.2) is 43.0 Å². The van der Waals surface area contributed by atoms with Crippen molar-refractivity contribution in [2.24, 2.45) is 0 Å². The van der Waals surface area contributed by atoms with E-state index in [2.05, 4.69) is 11.4 Å². The second-order valence-corrected chi connectivity index (χ2v) is 8.00. The van der Waals surface area contributed by atoms with Crippen molar-refractivity contribution in [2.75, 3.05) is 25.5 Å². The first-order valence-corrected chi connectivity index (χ1v) is 10.1. The predicted octanol–water partition coefficient (Wildman–Crippen LogP) is 2.85. The van der Waals surface area contributed by atoms with Crippen molar-refractivity contribution >= 4 is 28.2 Å². The number of rotatable bonds is 5. The van der Waals surface area contributed by atoms with Gasteiger partial charge in [-0.2, -0.15) is 5.26 Å². The maximum atomic E-state index is 12.4. The van der Waals surface area contributed by atoms with Gasteiger partial charge in [-0.25, -0.2) is 0 Å². The molecule has 2 heterocycles. The number of thiophene rings is 1. The van der Waals surface area contributed by atoms with Crippen LogP contribution in [0.5, 0.6) is 0 Å². The lowest BCUT2D eigenvalue weighted by Crippen LogP contribution is -2.38. The van der Waals surface area contributed by atoms with E-state index in [0.29, 0.717) is 23.5 Å². The molecular weight excluding hydrogens is 350 g/mol. The molecule has 1 N–H and O–H groups in total. The molecule has 1 aromatic heterocycles. The van der Waals surface area contributed by atoms with Crippen molar-refractivity contribution < 1.29 is 14.3 Å². The van der Waals surface area contributed by atoms with Crippen molar-refractivity contribution in [1.82, 2.24) is 4.90 Å². The van der Waals surface area contributed by atoms with Gasteiger partial charge in [0.25, 0.3) is 0 Å². The smallest absolute Gasteiger partial charge is 0.323 e. The Morgan fingerprint density at radius 3 is 2.88 bits per heavy atom. The summed E-state index contributed by atoms with van der Waals surface area (Å²) in [6.07, 6.45) is 7.41. The first kappa shape index (κ1) is 18.9. The molecule has 0 radical (unpaired) electrons. The second-order valence-electron chi connectivity index (χ2n) is 6.90. The Bertz CT molecular complexity index is 722. The average Bonchev–Trinajstić information content (AvgIpc) is 3.17. The number of aryl methyl sites for hydroxylation is 1. The van der Waals surface area contributed by atoms with E-state index >= 15 is 0 Å². The minimum absolute atomic E-state index is 0.103. The summed E-state index contributed by atoms with van der Waals surface area (Å²) in [5, 5.41) is 13.2. The quantitative estimate of drug-likeness (QED) is 0.632. The van der Waals surface area contributed by atoms with Crippen molar-refractivity contribution in [1.29, 1.82) is 5.26 Å². The van der Waals surface area contributed by atoms with Gasteiger partial charge in [-0.1, -0.05) is 6.42 Å². The molecule has 3 rings (SSSR count). The van der Waals surface area contributed by atoms with E-state index in [9.17, 15) is 14.9 Å². The number of anilines is 1. The van der Waals surface area contributed by atoms with Gasteiger partial charge in [0.2, 0.25) is 5.91 Å². The summed E-state index contributed by atoms with van der Waals surface area (Å²) in [5.41, 5.74) is 1.78. The number of hydrogen-bond acceptors (Lipinski definition) is 6. The fourth-order valence-corrected chi connectivity index (χ4v) is 5.14. The average molecular weight is 375 g/mol. The molecule has 26 heavy (non-hydrogen) atoms. The van der Waals surface area contributed by atoms with Crippen LogP contribution in [-0.2, 0) is 27.2 Å². The summed E-state index contributed by atoms with van der Waals surface area (Å²) in [5.74, 6) is -0.329. The molecule has 0 bridgehead atoms. The minimum atomic E-state index is -0.236. The number of carbonyl (C=O) groups excluding carboxylic acids is 2. The highest BCUT2D eigenvalue weighted by atomic mass is 32.1. The van der Waals surface area contributed by atoms with Gasteiger partial charge in [0.1, 0.15) is 17.1 Å². The van der Waals surface area contributed by atoms with Gasteiger partial charge >= 0.3 is 5.97 Å². The molecule has 1 aliphatic carbocycles. The Balaban J connectivity index is 1.60. The Morgan fingerprint density at radius 1 is 1.31 bits per heavy atom. The van der Waals surface area contributed by atoms with Gasteiger partial charge in [0.05, 0.1) is 12.7 Å². The van der Waals surface area contributed by atoms with E-state index in [0.717, 1.165) is 50.6 Å². The third-order valence-corrected chi connectivity index (χ3v) is 6.46. The van der Waals surface area contributed by atoms with Crippen LogP contribution in [0.2, 0.25) is 0 Å². The zero-order chi connectivity index (χ0) is 18.5. The predicted molar refractivity (Wildman–Crippen MR) is 100 cm³/mol. The van der Waals surface area contributed by atoms with Crippen molar-refractivity contribution in [3.8, 4) is 6.07 Å². The normalized spacial score (nSPS) is 20.1. The van der Waals surface area contributed by atoms with Crippen LogP contribution in [0.25, 0.3) is 0 Å². The lowest BCUT2D eigenvalue weighted by molar-refractivity contribution is -0.146. The third kappa shape index (κ3) is 4.08. The monoisotopic (exact) mass is 375 g/mol. The van der Waals surface area contributed by atoms with Crippen LogP contribution in [0, 0.1) is 11.3 Å². The summed E-state index contributed by atoms with van der Waals surface area (Å²) in [4.78, 5) is 27.5. The lowest BCUT2D eigenvalue weighted by Gasteiger charge is -2.21. The van der Waals surface area contributed by atoms with Crippen LogP contribution >= 0.6 is 11.3 Å². The number of fused-ring (bicyclic) bond motifs is 1. The van der Waals surface area contributed by atoms with Crippen LogP contribution in [0.3, 0.4) is 0 Å². The van der Waals surface area contributed by atoms with Gasteiger partial charge in [-0.3, -0.25) is 14.5 Å². The summed E-state index contributed by atoms with van der Waals surface area (Å²) < 4.78 is 4.84. The molecule has 0 spiro atoms. The first-order valence-electron chi connectivity index (χ1n) is 9.30. The number of esters is 1. The van der Waals surface area contributed by atoms with E-state index in [4.69, 9.17) is 4.74 Å². The Kier molecular flexibility index (Phi) is 6.28. The van der Waals surface area contributed by atoms with Crippen LogP contribution in [0.1, 0.15) is 54.5 Å². The number of nitriles is 1. The Labute approximate surface area is 158 Å². The van der Waals surface area contributed by atoms with Crippen LogP contribution < -0.4 is 5.32 Å². The standard InChI is InChI=1S/C19H25N3O3S/c1-25-19(24)15-7-5-10-22(15)11-9-17(23)21-18-14(12-20)13-6-3-2-4-8-16(13)26-18/h15H,2-11H2,1H3,(H,21,23). The highest BCUT2D eigenvalue weighted by molar-refractivity contribution is 7.16. The van der Waals surface area contributed by atoms with Crippen LogP contribution in [0.4, 0.5) is 5.00 Å². The Hall–Kier alpha value is -1.91. The molecule has 6 nitrogen and oxygen atoms in total. The van der Waals surface area contributed by atoms with Crippen LogP contribution in [0.15, 0.2) is 0 Å². The third-order valence-electron chi connectivity index (χ3n) is 5.25. The fraction of sp³-hybridized carbons (Fsp3) is 0.632. The number of nitrogens with zero attached hydrogens (tertiary/aromatic N) is 2. The van der Waals surface area contributed by atoms with E-state index in [-0.39, 0.29) is 17.9 Å². The molecule has 2 aliphatic rings. The van der Waals surface area contributed by atoms with E-state index in [1.807, 2.05) is 4.90 Å². The van der Waals surface area contributed by atoms with Crippen molar-refractivity contribution in [3.05, 3.63) is 16.0 Å². The second kappa shape index (κ2) is 8.65. The number of carbonyl (C=O) groups is 2. The zero-order valence-corrected chi connectivity index (χ0v) is 16.0. The number of ether oxygens (including phenoxy) is 1. The molecule has 7 heteroatoms. The number of methoxy groups -OCH3 is 1. The number of nitrogens with one attached hydrogen (secondary N) is 1. The van der Waals surface area contributed by atoms with E-state index in [1.54, 1.807) is 11.3 Å². The molecule has 1 fully saturated rings. The van der Waals surface area contributed by atoms with Gasteiger partial charge in [-0.05, 0) is 50.6 Å². The van der Waals surface area contributed by atoms with Gasteiger partial charge in [0.15, 0.2) is 0 Å². The largest absolute Gasteiger partial charge is 0.468 e. The molecule has 1 saturated heterocycles. The highest BCUT2D eigenvalue weighted by Gasteiger charge is 2.31. The van der Waals surface area contributed by atoms with Crippen molar-refractivity contribution in [3.63, 3.8) is 0 Å². The van der Waals surface area contributed by atoms with Crippen molar-refractivity contribution in [2.45, 2.75) is 57.4 Å². The molecule has 1 atom stereocenters. The maximum Gasteiger partial charge on any atom is 0.323 e. The lowest BCUT2D eigenvalue weighted by atomic mass is 10.1. The zero-order valence-electron chi connectivity index (χ0n) is 15.2. The van der Waals surface area contributed by atoms with Gasteiger partial charge < -0.3 is 10.1 Å². The molecule has 0 saturated carbocycles. The molecule has 1 unspecified atom stereocenters. The molecular formula is C19H25N3O3S. The molecule has 140 valence electrons. The van der Waals surface area contributed by atoms with E-state index < -0.39 is 0 Å². The minimum Gasteiger partial charge on any atom is -0.468 e. The molecule has 1 aliphatic heterocycles. The maximum absolute atomic E-state index is 12.4. The first-order chi connectivity index (χ1) is 12.6. The number of amides is 1. The summed E-state index contributed by atoms with van der Waals surface area (Å²) in [6, 6.07) is 2.05. The van der Waals surface area contributed by atoms with Gasteiger partial charge in [-0.15, -0.1) is 11.3 Å². The van der Waals surface area contributed by atoms with E-state index in [1.165, 1.54) is 18.4 Å². The highest BCUT2D eigenvalue weighted by Crippen LogP contribution is 2.37. The Morgan fingerprint density at radius 2 is 2.12 bits per heavy atom.